The Bertz CT molecular complexity index is 506. The number of rotatable bonds is 8. The Morgan fingerprint density at radius 2 is 1.88 bits per heavy atom. The number of ether oxygens (including phenoxy) is 1. The number of benzene rings is 1. The Labute approximate surface area is 175 Å². The van der Waals surface area contributed by atoms with Gasteiger partial charge in [-0.05, 0) is 26.6 Å². The summed E-state index contributed by atoms with van der Waals surface area (Å²) in [5.74, 6) is 0.888. The second-order valence-electron chi connectivity index (χ2n) is 6.49. The lowest BCUT2D eigenvalue weighted by Crippen LogP contribution is -2.44. The first kappa shape index (κ1) is 23.1. The number of hydrogen-bond acceptors (Lipinski definition) is 4. The van der Waals surface area contributed by atoms with Gasteiger partial charge in [0.05, 0.1) is 25.8 Å². The van der Waals surface area contributed by atoms with E-state index in [1.54, 1.807) is 0 Å². The lowest BCUT2D eigenvalue weighted by molar-refractivity contribution is 0.0389. The van der Waals surface area contributed by atoms with Crippen molar-refractivity contribution in [3.8, 4) is 0 Å². The first-order valence-electron chi connectivity index (χ1n) is 9.24. The van der Waals surface area contributed by atoms with E-state index in [0.717, 1.165) is 58.4 Å². The van der Waals surface area contributed by atoms with E-state index in [0.29, 0.717) is 0 Å². The predicted octanol–water partition coefficient (Wildman–Crippen LogP) is 1.79. The molecule has 1 fully saturated rings. The summed E-state index contributed by atoms with van der Waals surface area (Å²) >= 11 is 0. The first-order chi connectivity index (χ1) is 12.2. The Balaban J connectivity index is 0.00000338. The number of halogens is 1. The van der Waals surface area contributed by atoms with E-state index in [-0.39, 0.29) is 30.0 Å². The van der Waals surface area contributed by atoms with Crippen molar-refractivity contribution in [2.45, 2.75) is 13.0 Å². The van der Waals surface area contributed by atoms with E-state index in [9.17, 15) is 0 Å². The van der Waals surface area contributed by atoms with E-state index in [1.807, 2.05) is 0 Å². The van der Waals surface area contributed by atoms with Crippen LogP contribution in [0.15, 0.2) is 35.3 Å². The molecule has 1 aliphatic rings. The Morgan fingerprint density at radius 3 is 2.50 bits per heavy atom. The third-order valence-electron chi connectivity index (χ3n) is 4.40. The minimum absolute atomic E-state index is 0. The number of nitrogens with zero attached hydrogens (tertiary/aromatic N) is 3. The van der Waals surface area contributed by atoms with Gasteiger partial charge in [-0.25, -0.2) is 0 Å². The van der Waals surface area contributed by atoms with Gasteiger partial charge in [-0.3, -0.25) is 9.89 Å². The molecule has 0 aromatic heterocycles. The van der Waals surface area contributed by atoms with E-state index in [1.165, 1.54) is 5.56 Å². The van der Waals surface area contributed by atoms with Crippen LogP contribution in [0, 0.1) is 0 Å². The van der Waals surface area contributed by atoms with Crippen LogP contribution in [0.25, 0.3) is 0 Å². The van der Waals surface area contributed by atoms with Gasteiger partial charge in [0.25, 0.3) is 0 Å². The molecule has 1 heterocycles. The van der Waals surface area contributed by atoms with Gasteiger partial charge in [0.1, 0.15) is 0 Å². The van der Waals surface area contributed by atoms with Crippen molar-refractivity contribution in [2.75, 3.05) is 66.6 Å². The smallest absolute Gasteiger partial charge is 0.191 e. The largest absolute Gasteiger partial charge is 0.379 e. The number of nitrogens with one attached hydrogen (secondary N) is 2. The highest BCUT2D eigenvalue weighted by Gasteiger charge is 2.14. The van der Waals surface area contributed by atoms with Crippen LogP contribution in [0.1, 0.15) is 18.5 Å². The molecule has 0 amide bonds. The molecular weight excluding hydrogens is 441 g/mol. The molecule has 26 heavy (non-hydrogen) atoms. The predicted molar refractivity (Wildman–Crippen MR) is 120 cm³/mol. The number of aliphatic imine (C=N–C) groups is 1. The molecule has 2 rings (SSSR count). The number of guanidine groups is 1. The maximum Gasteiger partial charge on any atom is 0.191 e. The van der Waals surface area contributed by atoms with Crippen LogP contribution in [-0.4, -0.2) is 82.3 Å². The van der Waals surface area contributed by atoms with E-state index < -0.39 is 0 Å². The fourth-order valence-electron chi connectivity index (χ4n) is 2.92. The van der Waals surface area contributed by atoms with Crippen molar-refractivity contribution < 1.29 is 4.74 Å². The molecule has 1 aliphatic heterocycles. The van der Waals surface area contributed by atoms with Crippen molar-refractivity contribution in [3.05, 3.63) is 35.9 Å². The van der Waals surface area contributed by atoms with Crippen molar-refractivity contribution >= 4 is 29.9 Å². The molecule has 1 aromatic carbocycles. The van der Waals surface area contributed by atoms with Crippen molar-refractivity contribution in [3.63, 3.8) is 0 Å². The van der Waals surface area contributed by atoms with Crippen LogP contribution in [0.2, 0.25) is 0 Å². The summed E-state index contributed by atoms with van der Waals surface area (Å²) in [5.41, 5.74) is 1.29. The summed E-state index contributed by atoms with van der Waals surface area (Å²) in [4.78, 5) is 9.45. The van der Waals surface area contributed by atoms with E-state index in [2.05, 4.69) is 71.8 Å². The van der Waals surface area contributed by atoms with Gasteiger partial charge >= 0.3 is 0 Å². The zero-order chi connectivity index (χ0) is 17.9. The number of hydrogen-bond donors (Lipinski definition) is 2. The number of likely N-dealkylation sites (N-methyl/N-ethyl adjacent to an activating group) is 1. The third-order valence-corrected chi connectivity index (χ3v) is 4.40. The summed E-state index contributed by atoms with van der Waals surface area (Å²) < 4.78 is 5.39. The quantitative estimate of drug-likeness (QED) is 0.341. The molecule has 148 valence electrons. The zero-order valence-electron chi connectivity index (χ0n) is 16.3. The second-order valence-corrected chi connectivity index (χ2v) is 6.49. The lowest BCUT2D eigenvalue weighted by Gasteiger charge is -2.27. The van der Waals surface area contributed by atoms with Crippen LogP contribution >= 0.6 is 24.0 Å². The molecule has 7 heteroatoms. The van der Waals surface area contributed by atoms with Gasteiger partial charge in [-0.15, -0.1) is 24.0 Å². The molecule has 0 aliphatic carbocycles. The summed E-state index contributed by atoms with van der Waals surface area (Å²) in [5, 5.41) is 6.79. The van der Waals surface area contributed by atoms with Crippen molar-refractivity contribution in [2.24, 2.45) is 4.99 Å². The lowest BCUT2D eigenvalue weighted by atomic mass is 10.1. The average molecular weight is 475 g/mol. The molecule has 0 saturated carbocycles. The second kappa shape index (κ2) is 13.3. The molecule has 6 nitrogen and oxygen atoms in total. The van der Waals surface area contributed by atoms with Crippen molar-refractivity contribution in [1.82, 2.24) is 20.4 Å². The Kier molecular flexibility index (Phi) is 11.8. The van der Waals surface area contributed by atoms with Crippen LogP contribution in [0.3, 0.4) is 0 Å². The summed E-state index contributed by atoms with van der Waals surface area (Å²) in [7, 11) is 4.21. The molecular formula is C19H34IN5O. The minimum atomic E-state index is 0. The summed E-state index contributed by atoms with van der Waals surface area (Å²) in [6, 6.07) is 10.8. The van der Waals surface area contributed by atoms with E-state index >= 15 is 0 Å². The van der Waals surface area contributed by atoms with Crippen LogP contribution < -0.4 is 10.6 Å². The van der Waals surface area contributed by atoms with Crippen LogP contribution in [-0.2, 0) is 4.74 Å². The maximum absolute atomic E-state index is 5.39. The van der Waals surface area contributed by atoms with Gasteiger partial charge in [-0.1, -0.05) is 30.3 Å². The van der Waals surface area contributed by atoms with Crippen LogP contribution in [0.5, 0.6) is 0 Å². The van der Waals surface area contributed by atoms with Gasteiger partial charge < -0.3 is 20.3 Å². The average Bonchev–Trinajstić information content (AvgIpc) is 2.63. The number of morpholine rings is 1. The molecule has 1 saturated heterocycles. The van der Waals surface area contributed by atoms with Gasteiger partial charge in [0.15, 0.2) is 5.96 Å². The first-order valence-corrected chi connectivity index (χ1v) is 9.24. The molecule has 2 N–H and O–H groups in total. The highest BCUT2D eigenvalue weighted by atomic mass is 127. The Hall–Kier alpha value is -0.900. The highest BCUT2D eigenvalue weighted by Crippen LogP contribution is 2.17. The van der Waals surface area contributed by atoms with Gasteiger partial charge in [0.2, 0.25) is 0 Å². The molecule has 0 spiro atoms. The summed E-state index contributed by atoms with van der Waals surface area (Å²) in [6.07, 6.45) is 0. The summed E-state index contributed by atoms with van der Waals surface area (Å²) in [6.45, 7) is 9.32. The monoisotopic (exact) mass is 475 g/mol. The third kappa shape index (κ3) is 8.20. The maximum atomic E-state index is 5.39. The molecule has 1 aromatic rings. The van der Waals surface area contributed by atoms with Crippen molar-refractivity contribution in [1.29, 1.82) is 0 Å². The molecule has 1 atom stereocenters. The van der Waals surface area contributed by atoms with Gasteiger partial charge in [-0.2, -0.15) is 0 Å². The zero-order valence-corrected chi connectivity index (χ0v) is 18.6. The fourth-order valence-corrected chi connectivity index (χ4v) is 2.92. The SMILES string of the molecule is CCNC(=NCC(c1ccccc1)N(C)C)NCCN1CCOCC1.I. The van der Waals surface area contributed by atoms with Gasteiger partial charge in [0, 0.05) is 32.7 Å². The minimum Gasteiger partial charge on any atom is -0.379 e. The fraction of sp³-hybridized carbons (Fsp3) is 0.632. The topological polar surface area (TPSA) is 52.1 Å². The molecule has 1 unspecified atom stereocenters. The van der Waals surface area contributed by atoms with Crippen LogP contribution in [0.4, 0.5) is 0 Å². The Morgan fingerprint density at radius 1 is 1.19 bits per heavy atom. The standard InChI is InChI=1S/C19H33N5O.HI/c1-4-20-19(21-10-11-24-12-14-25-15-13-24)22-16-18(23(2)3)17-8-6-5-7-9-17;/h5-9,18H,4,10-16H2,1-3H3,(H2,20,21,22);1H. The highest BCUT2D eigenvalue weighted by molar-refractivity contribution is 14.0. The van der Waals surface area contributed by atoms with E-state index in [4.69, 9.17) is 9.73 Å². The molecule has 0 bridgehead atoms. The normalized spacial score (nSPS) is 16.8. The molecule has 0 radical (unpaired) electrons.